The van der Waals surface area contributed by atoms with Crippen molar-refractivity contribution in [1.29, 1.82) is 0 Å². The van der Waals surface area contributed by atoms with Crippen LogP contribution in [0.1, 0.15) is 28.7 Å². The van der Waals surface area contributed by atoms with E-state index >= 15 is 0 Å². The molecular weight excluding hydrogens is 342 g/mol. The molecule has 6 nitrogen and oxygen atoms in total. The van der Waals surface area contributed by atoms with Crippen LogP contribution in [0.2, 0.25) is 5.02 Å². The highest BCUT2D eigenvalue weighted by Crippen LogP contribution is 2.26. The molecular formula is C18H18ClN3O3. The Balaban J connectivity index is 1.71. The van der Waals surface area contributed by atoms with Gasteiger partial charge in [0.05, 0.1) is 5.02 Å². The van der Waals surface area contributed by atoms with Gasteiger partial charge < -0.3 is 9.30 Å². The lowest BCUT2D eigenvalue weighted by atomic mass is 10.1. The van der Waals surface area contributed by atoms with Gasteiger partial charge in [-0.1, -0.05) is 28.9 Å². The van der Waals surface area contributed by atoms with Crippen molar-refractivity contribution in [3.05, 3.63) is 52.3 Å². The van der Waals surface area contributed by atoms with Gasteiger partial charge in [0.1, 0.15) is 0 Å². The molecule has 0 unspecified atom stereocenters. The molecule has 1 aromatic carbocycles. The zero-order valence-electron chi connectivity index (χ0n) is 14.2. The lowest BCUT2D eigenvalue weighted by Crippen LogP contribution is -2.13. The largest absolute Gasteiger partial charge is 0.440 e. The van der Waals surface area contributed by atoms with Crippen molar-refractivity contribution in [3.63, 3.8) is 0 Å². The summed E-state index contributed by atoms with van der Waals surface area (Å²) in [6.07, 6.45) is -0.0624. The second kappa shape index (κ2) is 7.11. The summed E-state index contributed by atoms with van der Waals surface area (Å²) in [7, 11) is 0. The van der Waals surface area contributed by atoms with Gasteiger partial charge in [0, 0.05) is 29.1 Å². The highest BCUT2D eigenvalue weighted by atomic mass is 35.5. The van der Waals surface area contributed by atoms with Gasteiger partial charge >= 0.3 is 6.08 Å². The summed E-state index contributed by atoms with van der Waals surface area (Å²) >= 11 is 6.10. The molecule has 2 heterocycles. The van der Waals surface area contributed by atoms with Crippen LogP contribution in [0.4, 0.5) is 0 Å². The molecule has 0 aliphatic heterocycles. The van der Waals surface area contributed by atoms with E-state index in [0.717, 1.165) is 17.9 Å². The molecule has 3 rings (SSSR count). The first kappa shape index (κ1) is 17.2. The van der Waals surface area contributed by atoms with Crippen molar-refractivity contribution < 1.29 is 14.1 Å². The van der Waals surface area contributed by atoms with Crippen molar-refractivity contribution in [1.82, 2.24) is 14.7 Å². The van der Waals surface area contributed by atoms with Crippen LogP contribution in [-0.2, 0) is 6.54 Å². The Bertz CT molecular complexity index is 914. The number of Topliss-reactive ketones (excluding diaryl/α,β-unsaturated/α-hetero) is 1. The fourth-order valence-corrected chi connectivity index (χ4v) is 3.02. The average Bonchev–Trinajstić information content (AvgIpc) is 3.17. The van der Waals surface area contributed by atoms with Crippen molar-refractivity contribution in [3.8, 4) is 17.5 Å². The molecule has 3 aromatic rings. The van der Waals surface area contributed by atoms with E-state index in [4.69, 9.17) is 20.9 Å². The second-order valence-electron chi connectivity index (χ2n) is 5.60. The van der Waals surface area contributed by atoms with Gasteiger partial charge in [-0.25, -0.2) is 0 Å². The van der Waals surface area contributed by atoms with Gasteiger partial charge in [0.15, 0.2) is 6.61 Å². The molecule has 0 aliphatic carbocycles. The molecule has 0 bridgehead atoms. The Kier molecular flexibility index (Phi) is 4.90. The number of halogens is 1. The van der Waals surface area contributed by atoms with Gasteiger partial charge in [-0.2, -0.15) is 4.98 Å². The third kappa shape index (κ3) is 3.44. The molecule has 0 aliphatic rings. The van der Waals surface area contributed by atoms with Crippen LogP contribution in [0.5, 0.6) is 6.08 Å². The molecule has 0 radical (unpaired) electrons. The number of benzene rings is 1. The molecule has 0 N–H and O–H groups in total. The van der Waals surface area contributed by atoms with E-state index in [1.165, 1.54) is 0 Å². The summed E-state index contributed by atoms with van der Waals surface area (Å²) in [5.41, 5.74) is 3.25. The summed E-state index contributed by atoms with van der Waals surface area (Å²) in [6, 6.07) is 9.02. The van der Waals surface area contributed by atoms with Crippen LogP contribution < -0.4 is 4.74 Å². The molecule has 7 heteroatoms. The third-order valence-electron chi connectivity index (χ3n) is 4.04. The number of carbonyl (C=O) groups is 1. The smallest absolute Gasteiger partial charge is 0.418 e. The number of hydrogen-bond acceptors (Lipinski definition) is 5. The Morgan fingerprint density at radius 1 is 1.32 bits per heavy atom. The van der Waals surface area contributed by atoms with Gasteiger partial charge in [-0.3, -0.25) is 9.32 Å². The van der Waals surface area contributed by atoms with Crippen LogP contribution in [0.3, 0.4) is 0 Å². The van der Waals surface area contributed by atoms with Gasteiger partial charge in [-0.05, 0) is 39.0 Å². The topological polar surface area (TPSA) is 70.2 Å². The maximum Gasteiger partial charge on any atom is 0.418 e. The van der Waals surface area contributed by atoms with Crippen LogP contribution in [0.25, 0.3) is 11.4 Å². The molecule has 0 atom stereocenters. The minimum atomic E-state index is -0.168. The maximum atomic E-state index is 12.4. The molecule has 0 saturated carbocycles. The summed E-state index contributed by atoms with van der Waals surface area (Å²) in [5.74, 6) is 0.183. The second-order valence-corrected chi connectivity index (χ2v) is 6.01. The average molecular weight is 360 g/mol. The fourth-order valence-electron chi connectivity index (χ4n) is 2.80. The number of rotatable bonds is 6. The fraction of sp³-hybridized carbons (Fsp3) is 0.278. The van der Waals surface area contributed by atoms with E-state index in [2.05, 4.69) is 14.7 Å². The lowest BCUT2D eigenvalue weighted by molar-refractivity contribution is 0.0884. The first-order chi connectivity index (χ1) is 12.0. The van der Waals surface area contributed by atoms with Gasteiger partial charge in [0.25, 0.3) is 0 Å². The minimum absolute atomic E-state index is 0.0624. The van der Waals surface area contributed by atoms with Crippen LogP contribution in [0, 0.1) is 13.8 Å². The zero-order chi connectivity index (χ0) is 18.0. The zero-order valence-corrected chi connectivity index (χ0v) is 15.0. The highest BCUT2D eigenvalue weighted by molar-refractivity contribution is 6.33. The Morgan fingerprint density at radius 3 is 2.76 bits per heavy atom. The molecule has 0 spiro atoms. The molecule has 2 aromatic heterocycles. The van der Waals surface area contributed by atoms with E-state index in [0.29, 0.717) is 22.0 Å². The standard InChI is InChI=1S/C18H18ClN3O3/c1-4-22-11(2)9-14(12(22)3)16(23)10-24-18-20-17(21-25-18)13-7-5-6-8-15(13)19/h5-9H,4,10H2,1-3H3. The Morgan fingerprint density at radius 2 is 2.08 bits per heavy atom. The summed E-state index contributed by atoms with van der Waals surface area (Å²) < 4.78 is 12.5. The molecule has 0 fully saturated rings. The summed E-state index contributed by atoms with van der Waals surface area (Å²) in [6.45, 7) is 6.59. The van der Waals surface area contributed by atoms with Crippen LogP contribution >= 0.6 is 11.6 Å². The first-order valence-electron chi connectivity index (χ1n) is 7.92. The first-order valence-corrected chi connectivity index (χ1v) is 8.30. The van der Waals surface area contributed by atoms with Gasteiger partial charge in [0.2, 0.25) is 11.6 Å². The van der Waals surface area contributed by atoms with Crippen LogP contribution in [-0.4, -0.2) is 27.1 Å². The quantitative estimate of drug-likeness (QED) is 0.620. The summed E-state index contributed by atoms with van der Waals surface area (Å²) in [5, 5.41) is 4.35. The number of aromatic nitrogens is 3. The van der Waals surface area contributed by atoms with Crippen molar-refractivity contribution in [2.45, 2.75) is 27.3 Å². The maximum absolute atomic E-state index is 12.4. The molecule has 0 amide bonds. The predicted octanol–water partition coefficient (Wildman–Crippen LogP) is 4.09. The Labute approximate surface area is 150 Å². The normalized spacial score (nSPS) is 10.9. The number of ketones is 1. The number of nitrogens with zero attached hydrogens (tertiary/aromatic N) is 3. The van der Waals surface area contributed by atoms with Gasteiger partial charge in [-0.15, -0.1) is 0 Å². The van der Waals surface area contributed by atoms with E-state index < -0.39 is 0 Å². The number of aryl methyl sites for hydroxylation is 1. The predicted molar refractivity (Wildman–Crippen MR) is 94.1 cm³/mol. The van der Waals surface area contributed by atoms with E-state index in [-0.39, 0.29) is 18.5 Å². The molecule has 25 heavy (non-hydrogen) atoms. The number of ether oxygens (including phenoxy) is 1. The monoisotopic (exact) mass is 359 g/mol. The Hall–Kier alpha value is -2.60. The van der Waals surface area contributed by atoms with Crippen molar-refractivity contribution in [2.75, 3.05) is 6.61 Å². The SMILES string of the molecule is CCn1c(C)cc(C(=O)COc2nc(-c3ccccc3Cl)no2)c1C. The third-order valence-corrected chi connectivity index (χ3v) is 4.37. The van der Waals surface area contributed by atoms with E-state index in [1.807, 2.05) is 39.0 Å². The highest BCUT2D eigenvalue weighted by Gasteiger charge is 2.18. The number of hydrogen-bond donors (Lipinski definition) is 0. The van der Waals surface area contributed by atoms with E-state index in [9.17, 15) is 4.79 Å². The van der Waals surface area contributed by atoms with E-state index in [1.54, 1.807) is 12.1 Å². The van der Waals surface area contributed by atoms with Crippen LogP contribution in [0.15, 0.2) is 34.9 Å². The molecule has 130 valence electrons. The summed E-state index contributed by atoms with van der Waals surface area (Å²) in [4.78, 5) is 16.5. The lowest BCUT2D eigenvalue weighted by Gasteiger charge is -2.05. The van der Waals surface area contributed by atoms with Crippen molar-refractivity contribution in [2.24, 2.45) is 0 Å². The minimum Gasteiger partial charge on any atom is -0.440 e. The van der Waals surface area contributed by atoms with Crippen molar-refractivity contribution >= 4 is 17.4 Å². The number of carbonyl (C=O) groups excluding carboxylic acids is 1. The molecule has 0 saturated heterocycles.